The third kappa shape index (κ3) is 3.31. The standard InChI is InChI=1S/C11H17N3O3S2/c1-8-4-3-5-14(7-8)19(16,17)10-6-12-11(18-10)13-9(2)15/h6,8H,3-5,7H2,1-2H3,(H,12,13,15). The van der Waals surface area contributed by atoms with Gasteiger partial charge < -0.3 is 5.32 Å². The summed E-state index contributed by atoms with van der Waals surface area (Å²) >= 11 is 0.990. The molecule has 2 heterocycles. The van der Waals surface area contributed by atoms with E-state index in [0.29, 0.717) is 24.1 Å². The van der Waals surface area contributed by atoms with Gasteiger partial charge in [0, 0.05) is 20.0 Å². The number of hydrogen-bond acceptors (Lipinski definition) is 5. The molecule has 1 amide bonds. The molecule has 0 saturated carbocycles. The molecule has 0 radical (unpaired) electrons. The summed E-state index contributed by atoms with van der Waals surface area (Å²) in [6, 6.07) is 0. The van der Waals surface area contributed by atoms with Crippen LogP contribution in [0.5, 0.6) is 0 Å². The first-order valence-electron chi connectivity index (χ1n) is 6.13. The number of amides is 1. The van der Waals surface area contributed by atoms with E-state index in [0.717, 1.165) is 24.2 Å². The van der Waals surface area contributed by atoms with Gasteiger partial charge in [-0.3, -0.25) is 4.79 Å². The summed E-state index contributed by atoms with van der Waals surface area (Å²) in [5.74, 6) is 0.121. The fraction of sp³-hybridized carbons (Fsp3) is 0.636. The van der Waals surface area contributed by atoms with Crippen LogP contribution in [0.3, 0.4) is 0 Å². The second-order valence-electron chi connectivity index (χ2n) is 4.78. The van der Waals surface area contributed by atoms with Crippen molar-refractivity contribution in [2.75, 3.05) is 18.4 Å². The minimum absolute atomic E-state index is 0.186. The maximum Gasteiger partial charge on any atom is 0.254 e. The van der Waals surface area contributed by atoms with Gasteiger partial charge >= 0.3 is 0 Å². The van der Waals surface area contributed by atoms with Crippen molar-refractivity contribution in [1.29, 1.82) is 0 Å². The van der Waals surface area contributed by atoms with Crippen LogP contribution in [0.1, 0.15) is 26.7 Å². The SMILES string of the molecule is CC(=O)Nc1ncc(S(=O)(=O)N2CCCC(C)C2)s1. The summed E-state index contributed by atoms with van der Waals surface area (Å²) in [5.41, 5.74) is 0. The van der Waals surface area contributed by atoms with Gasteiger partial charge in [0.25, 0.3) is 10.0 Å². The Morgan fingerprint density at radius 2 is 2.32 bits per heavy atom. The first kappa shape index (κ1) is 14.4. The Morgan fingerprint density at radius 3 is 2.95 bits per heavy atom. The van der Waals surface area contributed by atoms with Crippen molar-refractivity contribution in [3.05, 3.63) is 6.20 Å². The third-order valence-electron chi connectivity index (χ3n) is 2.98. The number of carbonyl (C=O) groups excluding carboxylic acids is 1. The largest absolute Gasteiger partial charge is 0.302 e. The fourth-order valence-corrected chi connectivity index (χ4v) is 4.91. The number of carbonyl (C=O) groups is 1. The number of sulfonamides is 1. The number of rotatable bonds is 3. The Morgan fingerprint density at radius 1 is 1.58 bits per heavy atom. The quantitative estimate of drug-likeness (QED) is 0.918. The van der Waals surface area contributed by atoms with E-state index in [-0.39, 0.29) is 10.1 Å². The normalized spacial score (nSPS) is 21.3. The van der Waals surface area contributed by atoms with Crippen molar-refractivity contribution in [1.82, 2.24) is 9.29 Å². The van der Waals surface area contributed by atoms with E-state index in [1.54, 1.807) is 0 Å². The van der Waals surface area contributed by atoms with Crippen LogP contribution in [0.15, 0.2) is 10.4 Å². The van der Waals surface area contributed by atoms with Crippen LogP contribution in [-0.4, -0.2) is 36.7 Å². The molecule has 0 aromatic carbocycles. The van der Waals surface area contributed by atoms with Gasteiger partial charge in [0.2, 0.25) is 5.91 Å². The lowest BCUT2D eigenvalue weighted by atomic mass is 10.0. The Hall–Kier alpha value is -0.990. The van der Waals surface area contributed by atoms with Crippen LogP contribution in [0.2, 0.25) is 0 Å². The number of aromatic nitrogens is 1. The van der Waals surface area contributed by atoms with Crippen LogP contribution in [0, 0.1) is 5.92 Å². The molecule has 19 heavy (non-hydrogen) atoms. The Bertz CT molecular complexity index is 567. The second kappa shape index (κ2) is 5.56. The summed E-state index contributed by atoms with van der Waals surface area (Å²) in [5, 5.41) is 2.81. The van der Waals surface area contributed by atoms with Gasteiger partial charge in [-0.2, -0.15) is 4.31 Å². The molecule has 0 spiro atoms. The van der Waals surface area contributed by atoms with Crippen molar-refractivity contribution in [2.45, 2.75) is 30.9 Å². The summed E-state index contributed by atoms with van der Waals surface area (Å²) in [4.78, 5) is 14.8. The van der Waals surface area contributed by atoms with Gasteiger partial charge in [-0.1, -0.05) is 18.3 Å². The van der Waals surface area contributed by atoms with Gasteiger partial charge in [0.15, 0.2) is 9.34 Å². The maximum absolute atomic E-state index is 12.4. The average Bonchev–Trinajstić information content (AvgIpc) is 2.77. The summed E-state index contributed by atoms with van der Waals surface area (Å²) in [6.45, 7) is 4.52. The molecular weight excluding hydrogens is 286 g/mol. The van der Waals surface area contributed by atoms with Gasteiger partial charge in [-0.15, -0.1) is 0 Å². The predicted octanol–water partition coefficient (Wildman–Crippen LogP) is 1.52. The molecule has 8 heteroatoms. The van der Waals surface area contributed by atoms with E-state index in [4.69, 9.17) is 0 Å². The lowest BCUT2D eigenvalue weighted by Crippen LogP contribution is -2.38. The molecule has 1 atom stereocenters. The molecule has 0 aliphatic carbocycles. The highest BCUT2D eigenvalue weighted by atomic mass is 32.2. The van der Waals surface area contributed by atoms with Crippen LogP contribution in [-0.2, 0) is 14.8 Å². The summed E-state index contributed by atoms with van der Waals surface area (Å²) in [7, 11) is -3.47. The number of anilines is 1. The molecule has 1 fully saturated rings. The molecule has 0 bridgehead atoms. The van der Waals surface area contributed by atoms with Gasteiger partial charge in [-0.25, -0.2) is 13.4 Å². The Labute approximate surface area is 116 Å². The van der Waals surface area contributed by atoms with Crippen LogP contribution < -0.4 is 5.32 Å². The van der Waals surface area contributed by atoms with Gasteiger partial charge in [0.1, 0.15) is 0 Å². The van der Waals surface area contributed by atoms with Crippen molar-refractivity contribution in [3.8, 4) is 0 Å². The second-order valence-corrected chi connectivity index (χ2v) is 7.97. The molecule has 6 nitrogen and oxygen atoms in total. The Kier molecular flexibility index (Phi) is 4.22. The zero-order chi connectivity index (χ0) is 14.0. The molecule has 1 aromatic rings. The summed E-state index contributed by atoms with van der Waals surface area (Å²) < 4.78 is 26.5. The summed E-state index contributed by atoms with van der Waals surface area (Å²) in [6.07, 6.45) is 3.26. The van der Waals surface area contributed by atoms with Crippen molar-refractivity contribution in [3.63, 3.8) is 0 Å². The van der Waals surface area contributed by atoms with Crippen molar-refractivity contribution in [2.24, 2.45) is 5.92 Å². The zero-order valence-corrected chi connectivity index (χ0v) is 12.6. The number of thiazole rings is 1. The highest BCUT2D eigenvalue weighted by Crippen LogP contribution is 2.28. The molecule has 1 saturated heterocycles. The smallest absolute Gasteiger partial charge is 0.254 e. The monoisotopic (exact) mass is 303 g/mol. The topological polar surface area (TPSA) is 79.4 Å². The number of nitrogens with one attached hydrogen (secondary N) is 1. The average molecular weight is 303 g/mol. The Balaban J connectivity index is 2.19. The molecule has 106 valence electrons. The molecule has 1 aliphatic heterocycles. The molecule has 1 aliphatic rings. The number of piperidine rings is 1. The molecule has 1 N–H and O–H groups in total. The van der Waals surface area contributed by atoms with E-state index in [1.165, 1.54) is 17.4 Å². The van der Waals surface area contributed by atoms with Crippen LogP contribution in [0.25, 0.3) is 0 Å². The number of hydrogen-bond donors (Lipinski definition) is 1. The van der Waals surface area contributed by atoms with Gasteiger partial charge in [-0.05, 0) is 18.8 Å². The molecule has 1 aromatic heterocycles. The first-order chi connectivity index (χ1) is 8.89. The fourth-order valence-electron chi connectivity index (χ4n) is 2.08. The third-order valence-corrected chi connectivity index (χ3v) is 6.20. The molecular formula is C11H17N3O3S2. The minimum atomic E-state index is -3.47. The van der Waals surface area contributed by atoms with E-state index >= 15 is 0 Å². The first-order valence-corrected chi connectivity index (χ1v) is 8.39. The van der Waals surface area contributed by atoms with E-state index in [2.05, 4.69) is 17.2 Å². The zero-order valence-electron chi connectivity index (χ0n) is 10.9. The van der Waals surface area contributed by atoms with Crippen molar-refractivity contribution < 1.29 is 13.2 Å². The molecule has 2 rings (SSSR count). The highest BCUT2D eigenvalue weighted by molar-refractivity contribution is 7.91. The highest BCUT2D eigenvalue weighted by Gasteiger charge is 2.30. The molecule has 1 unspecified atom stereocenters. The lowest BCUT2D eigenvalue weighted by molar-refractivity contribution is -0.114. The predicted molar refractivity (Wildman–Crippen MR) is 73.6 cm³/mol. The maximum atomic E-state index is 12.4. The van der Waals surface area contributed by atoms with Gasteiger partial charge in [0.05, 0.1) is 6.20 Å². The minimum Gasteiger partial charge on any atom is -0.302 e. The lowest BCUT2D eigenvalue weighted by Gasteiger charge is -2.29. The van der Waals surface area contributed by atoms with Crippen LogP contribution in [0.4, 0.5) is 5.13 Å². The van der Waals surface area contributed by atoms with E-state index in [1.807, 2.05) is 0 Å². The number of nitrogens with zero attached hydrogens (tertiary/aromatic N) is 2. The van der Waals surface area contributed by atoms with Crippen LogP contribution >= 0.6 is 11.3 Å². The van der Waals surface area contributed by atoms with E-state index < -0.39 is 10.0 Å². The van der Waals surface area contributed by atoms with E-state index in [9.17, 15) is 13.2 Å². The van der Waals surface area contributed by atoms with Crippen molar-refractivity contribution >= 4 is 32.4 Å².